The molecule has 1 aromatic rings. The molecule has 2 aliphatic rings. The third-order valence-electron chi connectivity index (χ3n) is 4.66. The average molecular weight is 318 g/mol. The molecular weight excluding hydrogens is 292 g/mol. The van der Waals surface area contributed by atoms with Crippen molar-refractivity contribution < 1.29 is 9.90 Å². The van der Waals surface area contributed by atoms with Crippen molar-refractivity contribution in [1.82, 2.24) is 14.9 Å². The third kappa shape index (κ3) is 3.80. The molecule has 1 aliphatic heterocycles. The van der Waals surface area contributed by atoms with Crippen LogP contribution in [0.5, 0.6) is 0 Å². The molecule has 2 heterocycles. The van der Waals surface area contributed by atoms with E-state index in [9.17, 15) is 9.90 Å². The first-order valence-electron chi connectivity index (χ1n) is 8.39. The molecule has 2 fully saturated rings. The Labute approximate surface area is 137 Å². The van der Waals surface area contributed by atoms with Crippen LogP contribution >= 0.6 is 0 Å². The van der Waals surface area contributed by atoms with E-state index in [-0.39, 0.29) is 12.3 Å². The number of carbonyl (C=O) groups is 1. The molecule has 1 amide bonds. The maximum Gasteiger partial charge on any atom is 0.225 e. The van der Waals surface area contributed by atoms with Gasteiger partial charge in [0.1, 0.15) is 11.6 Å². The maximum absolute atomic E-state index is 12.0. The molecule has 126 valence electrons. The number of piperidine rings is 1. The minimum absolute atomic E-state index is 0.0353. The van der Waals surface area contributed by atoms with Crippen LogP contribution in [0, 0.1) is 6.92 Å². The van der Waals surface area contributed by atoms with E-state index >= 15 is 0 Å². The Morgan fingerprint density at radius 3 is 2.83 bits per heavy atom. The summed E-state index contributed by atoms with van der Waals surface area (Å²) < 4.78 is 0. The molecular formula is C17H26N4O2. The van der Waals surface area contributed by atoms with E-state index in [1.165, 1.54) is 17.7 Å². The van der Waals surface area contributed by atoms with Crippen molar-refractivity contribution in [3.8, 4) is 0 Å². The molecule has 1 saturated heterocycles. The van der Waals surface area contributed by atoms with Crippen LogP contribution < -0.4 is 4.90 Å². The van der Waals surface area contributed by atoms with Crippen LogP contribution in [0.15, 0.2) is 6.07 Å². The van der Waals surface area contributed by atoms with Gasteiger partial charge < -0.3 is 14.9 Å². The smallest absolute Gasteiger partial charge is 0.225 e. The highest BCUT2D eigenvalue weighted by Gasteiger charge is 2.37. The van der Waals surface area contributed by atoms with Gasteiger partial charge in [-0.3, -0.25) is 4.79 Å². The highest BCUT2D eigenvalue weighted by molar-refractivity contribution is 5.76. The Bertz CT molecular complexity index is 600. The fraction of sp³-hybridized carbons (Fsp3) is 0.706. The highest BCUT2D eigenvalue weighted by Crippen LogP contribution is 2.39. The van der Waals surface area contributed by atoms with Crippen LogP contribution in [-0.2, 0) is 4.79 Å². The molecule has 1 atom stereocenters. The van der Waals surface area contributed by atoms with E-state index in [1.807, 2.05) is 13.0 Å². The molecule has 6 heteroatoms. The first kappa shape index (κ1) is 16.2. The SMILES string of the molecule is Cc1cc(N2CCCC(O)(CC(=O)N(C)C)C2)nc(C2CC2)n1. The van der Waals surface area contributed by atoms with Crippen molar-refractivity contribution in [3.05, 3.63) is 17.6 Å². The maximum atomic E-state index is 12.0. The molecule has 1 aliphatic carbocycles. The second-order valence-corrected chi connectivity index (χ2v) is 7.21. The van der Waals surface area contributed by atoms with Crippen LogP contribution in [0.1, 0.15) is 49.5 Å². The van der Waals surface area contributed by atoms with E-state index in [0.29, 0.717) is 18.9 Å². The zero-order valence-electron chi connectivity index (χ0n) is 14.2. The van der Waals surface area contributed by atoms with E-state index < -0.39 is 5.60 Å². The predicted octanol–water partition coefficient (Wildman–Crippen LogP) is 1.47. The summed E-state index contributed by atoms with van der Waals surface area (Å²) in [6.45, 7) is 3.30. The number of aromatic nitrogens is 2. The van der Waals surface area contributed by atoms with Gasteiger partial charge in [0.25, 0.3) is 0 Å². The van der Waals surface area contributed by atoms with Crippen molar-refractivity contribution in [2.45, 2.75) is 50.5 Å². The number of amides is 1. The van der Waals surface area contributed by atoms with Crippen molar-refractivity contribution in [1.29, 1.82) is 0 Å². The second kappa shape index (κ2) is 6.07. The van der Waals surface area contributed by atoms with Crippen LogP contribution in [0.25, 0.3) is 0 Å². The molecule has 0 spiro atoms. The minimum atomic E-state index is -0.974. The zero-order valence-corrected chi connectivity index (χ0v) is 14.2. The van der Waals surface area contributed by atoms with Gasteiger partial charge in [-0.15, -0.1) is 0 Å². The molecule has 0 radical (unpaired) electrons. The fourth-order valence-corrected chi connectivity index (χ4v) is 3.15. The number of aryl methyl sites for hydroxylation is 1. The lowest BCUT2D eigenvalue weighted by Crippen LogP contribution is -2.50. The molecule has 1 aromatic heterocycles. The van der Waals surface area contributed by atoms with E-state index in [0.717, 1.165) is 30.3 Å². The number of anilines is 1. The molecule has 0 bridgehead atoms. The Kier molecular flexibility index (Phi) is 4.27. The second-order valence-electron chi connectivity index (χ2n) is 7.21. The molecule has 1 saturated carbocycles. The van der Waals surface area contributed by atoms with Crippen molar-refractivity contribution in [2.24, 2.45) is 0 Å². The van der Waals surface area contributed by atoms with E-state index in [1.54, 1.807) is 14.1 Å². The summed E-state index contributed by atoms with van der Waals surface area (Å²) in [5.74, 6) is 2.29. The summed E-state index contributed by atoms with van der Waals surface area (Å²) in [4.78, 5) is 24.9. The number of hydrogen-bond acceptors (Lipinski definition) is 5. The zero-order chi connectivity index (χ0) is 16.6. The van der Waals surface area contributed by atoms with Gasteiger partial charge >= 0.3 is 0 Å². The summed E-state index contributed by atoms with van der Waals surface area (Å²) in [5.41, 5.74) is -0.00606. The van der Waals surface area contributed by atoms with Crippen molar-refractivity contribution in [2.75, 3.05) is 32.1 Å². The monoisotopic (exact) mass is 318 g/mol. The summed E-state index contributed by atoms with van der Waals surface area (Å²) in [6, 6.07) is 1.98. The van der Waals surface area contributed by atoms with Crippen LogP contribution in [0.3, 0.4) is 0 Å². The van der Waals surface area contributed by atoms with Crippen LogP contribution in [-0.4, -0.2) is 58.7 Å². The standard InChI is InChI=1S/C17H26N4O2/c1-12-9-14(19-16(18-12)13-5-6-13)21-8-4-7-17(23,11-21)10-15(22)20(2)3/h9,13,23H,4-8,10-11H2,1-3H3. The van der Waals surface area contributed by atoms with Gasteiger partial charge in [0.2, 0.25) is 5.91 Å². The first-order valence-corrected chi connectivity index (χ1v) is 8.39. The number of nitrogens with zero attached hydrogens (tertiary/aromatic N) is 4. The summed E-state index contributed by atoms with van der Waals surface area (Å²) in [6.07, 6.45) is 4.02. The van der Waals surface area contributed by atoms with Gasteiger partial charge in [-0.05, 0) is 32.6 Å². The predicted molar refractivity (Wildman–Crippen MR) is 88.5 cm³/mol. The summed E-state index contributed by atoms with van der Waals surface area (Å²) in [7, 11) is 3.45. The van der Waals surface area contributed by atoms with Gasteiger partial charge in [0, 0.05) is 44.9 Å². The average Bonchev–Trinajstić information content (AvgIpc) is 3.30. The normalized spacial score (nSPS) is 24.6. The largest absolute Gasteiger partial charge is 0.388 e. The highest BCUT2D eigenvalue weighted by atomic mass is 16.3. The lowest BCUT2D eigenvalue weighted by atomic mass is 9.89. The molecule has 0 aromatic carbocycles. The van der Waals surface area contributed by atoms with Gasteiger partial charge in [-0.1, -0.05) is 0 Å². The van der Waals surface area contributed by atoms with E-state index in [4.69, 9.17) is 4.98 Å². The number of β-amino-alcohol motifs (C(OH)–C–C–N with tert-alkyl or cyclic N) is 1. The molecule has 6 nitrogen and oxygen atoms in total. The fourth-order valence-electron chi connectivity index (χ4n) is 3.15. The number of aliphatic hydroxyl groups is 1. The van der Waals surface area contributed by atoms with E-state index in [2.05, 4.69) is 9.88 Å². The summed E-state index contributed by atoms with van der Waals surface area (Å²) >= 11 is 0. The Morgan fingerprint density at radius 1 is 1.43 bits per heavy atom. The van der Waals surface area contributed by atoms with Gasteiger partial charge in [0.05, 0.1) is 12.0 Å². The Hall–Kier alpha value is -1.69. The summed E-state index contributed by atoms with van der Waals surface area (Å²) in [5, 5.41) is 10.8. The van der Waals surface area contributed by atoms with Gasteiger partial charge in [-0.2, -0.15) is 0 Å². The lowest BCUT2D eigenvalue weighted by molar-refractivity contribution is -0.134. The molecule has 1 N–H and O–H groups in total. The quantitative estimate of drug-likeness (QED) is 0.910. The lowest BCUT2D eigenvalue weighted by Gasteiger charge is -2.40. The topological polar surface area (TPSA) is 69.6 Å². The first-order chi connectivity index (χ1) is 10.9. The van der Waals surface area contributed by atoms with Gasteiger partial charge in [0.15, 0.2) is 0 Å². The van der Waals surface area contributed by atoms with Crippen molar-refractivity contribution in [3.63, 3.8) is 0 Å². The Balaban J connectivity index is 1.76. The molecule has 1 unspecified atom stereocenters. The molecule has 3 rings (SSSR count). The minimum Gasteiger partial charge on any atom is -0.388 e. The van der Waals surface area contributed by atoms with Crippen molar-refractivity contribution >= 4 is 11.7 Å². The van der Waals surface area contributed by atoms with Crippen LogP contribution in [0.4, 0.5) is 5.82 Å². The number of carbonyl (C=O) groups excluding carboxylic acids is 1. The third-order valence-corrected chi connectivity index (χ3v) is 4.66. The number of rotatable bonds is 4. The Morgan fingerprint density at radius 2 is 2.17 bits per heavy atom. The number of hydrogen-bond donors (Lipinski definition) is 1. The van der Waals surface area contributed by atoms with Gasteiger partial charge in [-0.25, -0.2) is 9.97 Å². The van der Waals surface area contributed by atoms with Crippen LogP contribution in [0.2, 0.25) is 0 Å². The molecule has 23 heavy (non-hydrogen) atoms.